The van der Waals surface area contributed by atoms with Crippen molar-refractivity contribution >= 4 is 11.6 Å². The summed E-state index contributed by atoms with van der Waals surface area (Å²) in [7, 11) is 0. The van der Waals surface area contributed by atoms with Gasteiger partial charge in [-0.3, -0.25) is 4.90 Å². The van der Waals surface area contributed by atoms with Crippen LogP contribution in [0.2, 0.25) is 5.02 Å². The largest absolute Gasteiger partial charge is 0.299 e. The van der Waals surface area contributed by atoms with Gasteiger partial charge in [-0.25, -0.2) is 9.07 Å². The molecular formula is C22H20ClFN4. The Morgan fingerprint density at radius 3 is 2.50 bits per heavy atom. The Morgan fingerprint density at radius 2 is 1.82 bits per heavy atom. The highest BCUT2D eigenvalue weighted by Gasteiger charge is 2.22. The van der Waals surface area contributed by atoms with E-state index in [1.807, 2.05) is 36.5 Å². The molecule has 28 heavy (non-hydrogen) atoms. The van der Waals surface area contributed by atoms with Gasteiger partial charge in [-0.15, -0.1) is 0 Å². The van der Waals surface area contributed by atoms with Crippen molar-refractivity contribution in [2.24, 2.45) is 5.92 Å². The SMILES string of the molecule is N#CC1CCN(Cc2cn(-c3ccc(Cl)cc3)nc2-c2ccccc2F)CC1. The third-order valence-corrected chi connectivity index (χ3v) is 5.43. The minimum atomic E-state index is -0.284. The maximum atomic E-state index is 14.5. The number of halogens is 2. The molecule has 0 radical (unpaired) electrons. The molecule has 1 saturated heterocycles. The van der Waals surface area contributed by atoms with Crippen LogP contribution in [-0.2, 0) is 6.54 Å². The molecule has 3 aromatic rings. The van der Waals surface area contributed by atoms with Crippen molar-refractivity contribution in [1.82, 2.24) is 14.7 Å². The average molecular weight is 395 g/mol. The number of hydrogen-bond acceptors (Lipinski definition) is 3. The molecule has 0 aliphatic carbocycles. The third kappa shape index (κ3) is 3.94. The number of likely N-dealkylation sites (tertiary alicyclic amines) is 1. The minimum Gasteiger partial charge on any atom is -0.299 e. The van der Waals surface area contributed by atoms with Crippen LogP contribution in [0.15, 0.2) is 54.7 Å². The van der Waals surface area contributed by atoms with E-state index in [4.69, 9.17) is 22.0 Å². The first-order chi connectivity index (χ1) is 13.6. The second-order valence-corrected chi connectivity index (χ2v) is 7.52. The van der Waals surface area contributed by atoms with Crippen LogP contribution in [0.1, 0.15) is 18.4 Å². The van der Waals surface area contributed by atoms with Crippen LogP contribution in [0.4, 0.5) is 4.39 Å². The normalized spacial score (nSPS) is 15.5. The molecule has 4 nitrogen and oxygen atoms in total. The van der Waals surface area contributed by atoms with Crippen LogP contribution in [0.5, 0.6) is 0 Å². The summed E-state index contributed by atoms with van der Waals surface area (Å²) in [5, 5.41) is 14.5. The maximum Gasteiger partial charge on any atom is 0.132 e. The summed E-state index contributed by atoms with van der Waals surface area (Å²) in [5.74, 6) is -0.146. The van der Waals surface area contributed by atoms with E-state index >= 15 is 0 Å². The van der Waals surface area contributed by atoms with Crippen molar-refractivity contribution in [3.8, 4) is 23.0 Å². The lowest BCUT2D eigenvalue weighted by atomic mass is 9.98. The molecule has 0 unspecified atom stereocenters. The fourth-order valence-corrected chi connectivity index (χ4v) is 3.72. The number of rotatable bonds is 4. The van der Waals surface area contributed by atoms with Crippen molar-refractivity contribution in [3.05, 3.63) is 71.1 Å². The van der Waals surface area contributed by atoms with Gasteiger partial charge in [-0.05, 0) is 62.3 Å². The van der Waals surface area contributed by atoms with Crippen molar-refractivity contribution in [2.45, 2.75) is 19.4 Å². The molecule has 0 bridgehead atoms. The van der Waals surface area contributed by atoms with E-state index in [2.05, 4.69) is 11.0 Å². The Kier molecular flexibility index (Phi) is 5.43. The fourth-order valence-electron chi connectivity index (χ4n) is 3.59. The van der Waals surface area contributed by atoms with E-state index in [-0.39, 0.29) is 11.7 Å². The van der Waals surface area contributed by atoms with Gasteiger partial charge in [0.2, 0.25) is 0 Å². The van der Waals surface area contributed by atoms with E-state index in [0.29, 0.717) is 22.8 Å². The van der Waals surface area contributed by atoms with Gasteiger partial charge in [0.1, 0.15) is 11.5 Å². The molecule has 2 heterocycles. The molecule has 0 saturated carbocycles. The summed E-state index contributed by atoms with van der Waals surface area (Å²) in [5.41, 5.74) is 2.99. The van der Waals surface area contributed by atoms with Gasteiger partial charge in [-0.1, -0.05) is 23.7 Å². The lowest BCUT2D eigenvalue weighted by Crippen LogP contribution is -2.32. The van der Waals surface area contributed by atoms with Crippen LogP contribution in [-0.4, -0.2) is 27.8 Å². The monoisotopic (exact) mass is 394 g/mol. The van der Waals surface area contributed by atoms with E-state index in [1.54, 1.807) is 16.8 Å². The molecule has 2 aromatic carbocycles. The van der Waals surface area contributed by atoms with Gasteiger partial charge in [0.05, 0.1) is 11.8 Å². The predicted octanol–water partition coefficient (Wildman–Crippen LogP) is 5.07. The van der Waals surface area contributed by atoms with Gasteiger partial charge >= 0.3 is 0 Å². The summed E-state index contributed by atoms with van der Waals surface area (Å²) in [4.78, 5) is 2.31. The molecule has 0 atom stereocenters. The van der Waals surface area contributed by atoms with Crippen molar-refractivity contribution < 1.29 is 4.39 Å². The first-order valence-electron chi connectivity index (χ1n) is 9.35. The summed E-state index contributed by atoms with van der Waals surface area (Å²) in [6.07, 6.45) is 3.70. The standard InChI is InChI=1S/C22H20ClFN4/c23-18-5-7-19(8-6-18)28-15-17(14-27-11-9-16(13-25)10-12-27)22(26-28)20-3-1-2-4-21(20)24/h1-8,15-16H,9-12,14H2. The summed E-state index contributed by atoms with van der Waals surface area (Å²) in [6, 6.07) is 16.5. The predicted molar refractivity (Wildman–Crippen MR) is 108 cm³/mol. The second kappa shape index (κ2) is 8.14. The van der Waals surface area contributed by atoms with Gasteiger partial charge in [0.25, 0.3) is 0 Å². The van der Waals surface area contributed by atoms with E-state index in [9.17, 15) is 4.39 Å². The van der Waals surface area contributed by atoms with Gasteiger partial charge in [0.15, 0.2) is 0 Å². The highest BCUT2D eigenvalue weighted by Crippen LogP contribution is 2.28. The van der Waals surface area contributed by atoms with Crippen LogP contribution >= 0.6 is 11.6 Å². The van der Waals surface area contributed by atoms with Gasteiger partial charge < -0.3 is 0 Å². The topological polar surface area (TPSA) is 44.9 Å². The smallest absolute Gasteiger partial charge is 0.132 e. The number of piperidine rings is 1. The molecule has 6 heteroatoms. The molecule has 1 aliphatic rings. The lowest BCUT2D eigenvalue weighted by Gasteiger charge is -2.28. The number of nitriles is 1. The Labute approximate surface area is 168 Å². The average Bonchev–Trinajstić information content (AvgIpc) is 3.13. The first-order valence-corrected chi connectivity index (χ1v) is 9.73. The maximum absolute atomic E-state index is 14.5. The van der Waals surface area contributed by atoms with Crippen LogP contribution in [0.3, 0.4) is 0 Å². The zero-order valence-corrected chi connectivity index (χ0v) is 16.1. The Balaban J connectivity index is 1.68. The molecule has 1 aromatic heterocycles. The first kappa shape index (κ1) is 18.7. The molecule has 0 spiro atoms. The van der Waals surface area contributed by atoms with Crippen LogP contribution in [0, 0.1) is 23.1 Å². The quantitative estimate of drug-likeness (QED) is 0.620. The summed E-state index contributed by atoms with van der Waals surface area (Å²) < 4.78 is 16.3. The van der Waals surface area contributed by atoms with Crippen molar-refractivity contribution in [1.29, 1.82) is 5.26 Å². The fraction of sp³-hybridized carbons (Fsp3) is 0.273. The van der Waals surface area contributed by atoms with E-state index in [0.717, 1.165) is 37.2 Å². The second-order valence-electron chi connectivity index (χ2n) is 7.08. The zero-order valence-electron chi connectivity index (χ0n) is 15.4. The minimum absolute atomic E-state index is 0.138. The third-order valence-electron chi connectivity index (χ3n) is 5.17. The van der Waals surface area contributed by atoms with Crippen molar-refractivity contribution in [2.75, 3.05) is 13.1 Å². The molecule has 1 fully saturated rings. The number of nitrogens with zero attached hydrogens (tertiary/aromatic N) is 4. The zero-order chi connectivity index (χ0) is 19.5. The Morgan fingerprint density at radius 1 is 1.11 bits per heavy atom. The number of hydrogen-bond donors (Lipinski definition) is 0. The molecule has 0 amide bonds. The van der Waals surface area contributed by atoms with Gasteiger partial charge in [-0.2, -0.15) is 10.4 Å². The van der Waals surface area contributed by atoms with Crippen molar-refractivity contribution in [3.63, 3.8) is 0 Å². The van der Waals surface area contributed by atoms with Crippen LogP contribution < -0.4 is 0 Å². The lowest BCUT2D eigenvalue weighted by molar-refractivity contribution is 0.198. The number of benzene rings is 2. The Hall–Kier alpha value is -2.68. The van der Waals surface area contributed by atoms with Gasteiger partial charge in [0, 0.05) is 34.8 Å². The molecular weight excluding hydrogens is 375 g/mol. The van der Waals surface area contributed by atoms with Crippen LogP contribution in [0.25, 0.3) is 16.9 Å². The molecule has 0 N–H and O–H groups in total. The molecule has 1 aliphatic heterocycles. The summed E-state index contributed by atoms with van der Waals surface area (Å²) >= 11 is 6.00. The number of aromatic nitrogens is 2. The van der Waals surface area contributed by atoms with E-state index < -0.39 is 0 Å². The van der Waals surface area contributed by atoms with E-state index in [1.165, 1.54) is 6.07 Å². The molecule has 4 rings (SSSR count). The highest BCUT2D eigenvalue weighted by molar-refractivity contribution is 6.30. The molecule has 142 valence electrons. The highest BCUT2D eigenvalue weighted by atomic mass is 35.5. The Bertz CT molecular complexity index is 998. The summed E-state index contributed by atoms with van der Waals surface area (Å²) in [6.45, 7) is 2.40.